The molecular formula is C14H18BFN2O+. The Hall–Kier alpha value is -1.78. The summed E-state index contributed by atoms with van der Waals surface area (Å²) >= 11 is 0. The molecule has 1 aromatic heterocycles. The first-order valence-corrected chi connectivity index (χ1v) is 6.19. The lowest BCUT2D eigenvalue weighted by atomic mass is 10.1. The van der Waals surface area contributed by atoms with Gasteiger partial charge in [0.05, 0.1) is 12.8 Å². The maximum absolute atomic E-state index is 13.1. The number of aryl methyl sites for hydroxylation is 2. The molecule has 1 N–H and O–H groups in total. The van der Waals surface area contributed by atoms with Gasteiger partial charge in [0.25, 0.3) is 0 Å². The molecule has 2 rings (SSSR count). The fraction of sp³-hybridized carbons (Fsp3) is 0.357. The highest BCUT2D eigenvalue weighted by molar-refractivity contribution is 6.19. The number of hydrogen-bond donors (Lipinski definition) is 1. The number of methoxy groups -OCH3 is 1. The van der Waals surface area contributed by atoms with E-state index in [4.69, 9.17) is 4.74 Å². The molecule has 1 radical (unpaired) electrons. The number of allylic oxidation sites excluding steroid dienone is 2. The highest BCUT2D eigenvalue weighted by Gasteiger charge is 2.33. The Kier molecular flexibility index (Phi) is 3.65. The van der Waals surface area contributed by atoms with Crippen LogP contribution < -0.4 is 0 Å². The minimum absolute atomic E-state index is 0.571. The second kappa shape index (κ2) is 5.07. The molecule has 0 atom stereocenters. The van der Waals surface area contributed by atoms with Gasteiger partial charge in [0.2, 0.25) is 11.5 Å². The van der Waals surface area contributed by atoms with E-state index in [1.807, 2.05) is 39.8 Å². The average Bonchev–Trinajstić information content (AvgIpc) is 2.81. The van der Waals surface area contributed by atoms with Crippen molar-refractivity contribution in [2.45, 2.75) is 27.7 Å². The molecule has 0 aliphatic carbocycles. The van der Waals surface area contributed by atoms with Crippen LogP contribution in [0.5, 0.6) is 0 Å². The summed E-state index contributed by atoms with van der Waals surface area (Å²) in [4.78, 5) is 3.27. The maximum atomic E-state index is 13.1. The normalized spacial score (nSPS) is 17.7. The van der Waals surface area contributed by atoms with Gasteiger partial charge < -0.3 is 9.72 Å². The van der Waals surface area contributed by atoms with E-state index in [1.54, 1.807) is 7.11 Å². The van der Waals surface area contributed by atoms with Crippen LogP contribution in [0.3, 0.4) is 0 Å². The number of H-pyrrole nitrogens is 1. The third-order valence-corrected chi connectivity index (χ3v) is 3.31. The largest absolute Gasteiger partial charge is 0.792 e. The Balaban J connectivity index is 2.67. The van der Waals surface area contributed by atoms with E-state index in [2.05, 4.69) is 4.98 Å². The molecule has 0 spiro atoms. The Morgan fingerprint density at radius 3 is 2.47 bits per heavy atom. The molecule has 0 saturated heterocycles. The number of nitrogens with zero attached hydrogens (tertiary/aromatic N) is 1. The lowest BCUT2D eigenvalue weighted by Gasteiger charge is -2.09. The summed E-state index contributed by atoms with van der Waals surface area (Å²) in [6, 6.07) is 2.04. The zero-order valence-corrected chi connectivity index (χ0v) is 12.0. The SMILES string of the molecule is CO/C(=C1\C(C)=CC(C)=[N+]1[B]F)c1[nH]c(C)cc1C. The number of ether oxygens (including phenoxy) is 1. The van der Waals surface area contributed by atoms with E-state index in [1.165, 1.54) is 4.49 Å². The third-order valence-electron chi connectivity index (χ3n) is 3.31. The molecule has 19 heavy (non-hydrogen) atoms. The first kappa shape index (κ1) is 13.7. The lowest BCUT2D eigenvalue weighted by molar-refractivity contribution is -0.322. The number of hydrogen-bond acceptors (Lipinski definition) is 1. The van der Waals surface area contributed by atoms with E-state index < -0.39 is 0 Å². The molecule has 0 amide bonds. The van der Waals surface area contributed by atoms with Crippen molar-refractivity contribution in [2.75, 3.05) is 7.11 Å². The second-order valence-electron chi connectivity index (χ2n) is 4.83. The molecule has 0 aromatic carbocycles. The van der Waals surface area contributed by atoms with Gasteiger partial charge in [0.15, 0.2) is 5.71 Å². The Labute approximate surface area is 113 Å². The maximum Gasteiger partial charge on any atom is 0.792 e. The van der Waals surface area contributed by atoms with Gasteiger partial charge in [-0.25, -0.2) is 8.80 Å². The predicted octanol–water partition coefficient (Wildman–Crippen LogP) is 2.88. The van der Waals surface area contributed by atoms with Crippen molar-refractivity contribution in [1.29, 1.82) is 0 Å². The highest BCUT2D eigenvalue weighted by Crippen LogP contribution is 2.30. The van der Waals surface area contributed by atoms with Crippen LogP contribution in [-0.4, -0.2) is 30.0 Å². The number of nitrogens with one attached hydrogen (secondary N) is 1. The number of aromatic nitrogens is 1. The second-order valence-corrected chi connectivity index (χ2v) is 4.83. The Morgan fingerprint density at radius 1 is 1.32 bits per heavy atom. The van der Waals surface area contributed by atoms with Gasteiger partial charge in [-0.1, -0.05) is 0 Å². The van der Waals surface area contributed by atoms with Crippen LogP contribution in [-0.2, 0) is 4.74 Å². The van der Waals surface area contributed by atoms with Crippen LogP contribution >= 0.6 is 0 Å². The third kappa shape index (κ3) is 2.25. The van der Waals surface area contributed by atoms with Crippen LogP contribution in [0.2, 0.25) is 0 Å². The molecule has 5 heteroatoms. The first-order valence-electron chi connectivity index (χ1n) is 6.19. The molecule has 1 aromatic rings. The Morgan fingerprint density at radius 2 is 2.00 bits per heavy atom. The molecule has 1 aliphatic rings. The smallest absolute Gasteiger partial charge is 0.489 e. The van der Waals surface area contributed by atoms with E-state index in [0.29, 0.717) is 13.5 Å². The van der Waals surface area contributed by atoms with Crippen molar-refractivity contribution in [2.24, 2.45) is 0 Å². The van der Waals surface area contributed by atoms with Crippen molar-refractivity contribution >= 4 is 19.2 Å². The molecular weight excluding hydrogens is 242 g/mol. The topological polar surface area (TPSA) is 28.0 Å². The average molecular weight is 260 g/mol. The molecule has 0 unspecified atom stereocenters. The van der Waals surface area contributed by atoms with Gasteiger partial charge in [-0.05, 0) is 32.4 Å². The fourth-order valence-electron chi connectivity index (χ4n) is 2.51. The van der Waals surface area contributed by atoms with E-state index >= 15 is 0 Å². The first-order chi connectivity index (χ1) is 8.99. The molecule has 0 fully saturated rings. The quantitative estimate of drug-likeness (QED) is 0.656. The fourth-order valence-corrected chi connectivity index (χ4v) is 2.51. The van der Waals surface area contributed by atoms with E-state index in [-0.39, 0.29) is 0 Å². The molecule has 0 bridgehead atoms. The lowest BCUT2D eigenvalue weighted by Crippen LogP contribution is -2.17. The summed E-state index contributed by atoms with van der Waals surface area (Å²) in [6.07, 6.45) is 1.94. The summed E-state index contributed by atoms with van der Waals surface area (Å²) in [5.41, 5.74) is 5.59. The molecule has 0 saturated carbocycles. The molecule has 2 heterocycles. The van der Waals surface area contributed by atoms with Gasteiger partial charge in [-0.3, -0.25) is 0 Å². The van der Waals surface area contributed by atoms with Crippen LogP contribution in [0.1, 0.15) is 30.8 Å². The minimum atomic E-state index is 0.571. The van der Waals surface area contributed by atoms with Gasteiger partial charge >= 0.3 is 7.69 Å². The van der Waals surface area contributed by atoms with Crippen molar-refractivity contribution in [3.05, 3.63) is 40.4 Å². The van der Waals surface area contributed by atoms with Gasteiger partial charge in [0.1, 0.15) is 0 Å². The van der Waals surface area contributed by atoms with Crippen molar-refractivity contribution in [3.8, 4) is 0 Å². The van der Waals surface area contributed by atoms with Crippen LogP contribution in [0, 0.1) is 13.8 Å². The number of halogens is 1. The van der Waals surface area contributed by atoms with Crippen LogP contribution in [0.15, 0.2) is 23.4 Å². The monoisotopic (exact) mass is 260 g/mol. The summed E-state index contributed by atoms with van der Waals surface area (Å²) in [6.45, 7) is 7.81. The van der Waals surface area contributed by atoms with Crippen molar-refractivity contribution < 1.29 is 13.5 Å². The number of aromatic amines is 1. The number of rotatable bonds is 3. The summed E-state index contributed by atoms with van der Waals surface area (Å²) in [7, 11) is 2.18. The van der Waals surface area contributed by atoms with Gasteiger partial charge in [-0.15, -0.1) is 0 Å². The minimum Gasteiger partial charge on any atom is -0.489 e. The van der Waals surface area contributed by atoms with E-state index in [0.717, 1.165) is 33.9 Å². The molecule has 1 aliphatic heterocycles. The van der Waals surface area contributed by atoms with Crippen molar-refractivity contribution in [1.82, 2.24) is 4.98 Å². The predicted molar refractivity (Wildman–Crippen MR) is 75.8 cm³/mol. The van der Waals surface area contributed by atoms with Gasteiger partial charge in [0, 0.05) is 24.3 Å². The molecule has 3 nitrogen and oxygen atoms in total. The summed E-state index contributed by atoms with van der Waals surface area (Å²) in [5.74, 6) is 0.658. The standard InChI is InChI=1S/C14H18BFN2O/c1-8-6-10(3)17-12(8)14(19-5)13-9(2)7-11(4)18(13)15-16/h6-7,17H,1-5H3/q+1. The van der Waals surface area contributed by atoms with Crippen LogP contribution in [0.25, 0.3) is 5.76 Å². The van der Waals surface area contributed by atoms with Crippen LogP contribution in [0.4, 0.5) is 4.32 Å². The molecule has 99 valence electrons. The summed E-state index contributed by atoms with van der Waals surface area (Å²) in [5, 5.41) is 0. The zero-order chi connectivity index (χ0) is 14.2. The zero-order valence-electron chi connectivity index (χ0n) is 12.0. The van der Waals surface area contributed by atoms with E-state index in [9.17, 15) is 4.32 Å². The van der Waals surface area contributed by atoms with Gasteiger partial charge in [-0.2, -0.15) is 0 Å². The van der Waals surface area contributed by atoms with Crippen molar-refractivity contribution in [3.63, 3.8) is 0 Å². The summed E-state index contributed by atoms with van der Waals surface area (Å²) < 4.78 is 20.2. The highest BCUT2D eigenvalue weighted by atomic mass is 19.1. The Bertz CT molecular complexity index is 611.